The number of nitrogens with one attached hydrogen (secondary N) is 1. The zero-order chi connectivity index (χ0) is 26.2. The Labute approximate surface area is 221 Å². The molecule has 1 saturated carbocycles. The van der Waals surface area contributed by atoms with Crippen molar-refractivity contribution in [2.45, 2.75) is 38.0 Å². The molecule has 0 saturated heterocycles. The Balaban J connectivity index is 1.54. The van der Waals surface area contributed by atoms with Gasteiger partial charge in [-0.1, -0.05) is 30.3 Å². The molecule has 6 rings (SSSR count). The van der Waals surface area contributed by atoms with E-state index < -0.39 is 0 Å². The lowest BCUT2D eigenvalue weighted by molar-refractivity contribution is 0.0762. The number of pyridine rings is 1. The SMILES string of the molecule is CNC(=O)c1cnn2c(N(C)Cc3ccccc3)cc(-c3cn([C@@H]4CCC[C@H]4OC)c4ncccc34)nc12. The molecular formula is C29H31N7O2. The van der Waals surface area contributed by atoms with E-state index in [0.29, 0.717) is 17.8 Å². The van der Waals surface area contributed by atoms with E-state index in [0.717, 1.165) is 47.4 Å². The zero-order valence-corrected chi connectivity index (χ0v) is 21.8. The predicted octanol–water partition coefficient (Wildman–Crippen LogP) is 4.48. The molecule has 0 spiro atoms. The van der Waals surface area contributed by atoms with Gasteiger partial charge in [-0.25, -0.2) is 9.97 Å². The van der Waals surface area contributed by atoms with Gasteiger partial charge in [-0.3, -0.25) is 4.79 Å². The van der Waals surface area contributed by atoms with Crippen LogP contribution in [-0.4, -0.2) is 57.4 Å². The first-order valence-electron chi connectivity index (χ1n) is 12.9. The molecule has 1 aliphatic rings. The quantitative estimate of drug-likeness (QED) is 0.348. The first-order chi connectivity index (χ1) is 18.6. The second-order valence-electron chi connectivity index (χ2n) is 9.81. The maximum Gasteiger partial charge on any atom is 0.256 e. The zero-order valence-electron chi connectivity index (χ0n) is 21.8. The van der Waals surface area contributed by atoms with Crippen LogP contribution in [0, 0.1) is 0 Å². The van der Waals surface area contributed by atoms with Crippen molar-refractivity contribution in [1.82, 2.24) is 29.5 Å². The van der Waals surface area contributed by atoms with Crippen LogP contribution >= 0.6 is 0 Å². The van der Waals surface area contributed by atoms with Gasteiger partial charge < -0.3 is 19.5 Å². The predicted molar refractivity (Wildman–Crippen MR) is 147 cm³/mol. The summed E-state index contributed by atoms with van der Waals surface area (Å²) >= 11 is 0. The van der Waals surface area contributed by atoms with Crippen LogP contribution in [0.25, 0.3) is 27.9 Å². The Bertz CT molecular complexity index is 1610. The Morgan fingerprint density at radius 3 is 2.79 bits per heavy atom. The van der Waals surface area contributed by atoms with Crippen LogP contribution < -0.4 is 10.2 Å². The van der Waals surface area contributed by atoms with E-state index in [1.165, 1.54) is 5.56 Å². The number of benzene rings is 1. The number of hydrogen-bond donors (Lipinski definition) is 1. The van der Waals surface area contributed by atoms with Crippen molar-refractivity contribution in [3.63, 3.8) is 0 Å². The summed E-state index contributed by atoms with van der Waals surface area (Å²) in [5.41, 5.74) is 4.76. The third kappa shape index (κ3) is 4.09. The summed E-state index contributed by atoms with van der Waals surface area (Å²) in [5.74, 6) is 0.615. The lowest BCUT2D eigenvalue weighted by Gasteiger charge is -2.21. The number of methoxy groups -OCH3 is 1. The lowest BCUT2D eigenvalue weighted by Crippen LogP contribution is -2.21. The van der Waals surface area contributed by atoms with Crippen LogP contribution in [0.2, 0.25) is 0 Å². The topological polar surface area (TPSA) is 89.6 Å². The fourth-order valence-corrected chi connectivity index (χ4v) is 5.63. The summed E-state index contributed by atoms with van der Waals surface area (Å²) < 4.78 is 9.82. The first-order valence-corrected chi connectivity index (χ1v) is 12.9. The van der Waals surface area contributed by atoms with Gasteiger partial charge >= 0.3 is 0 Å². The van der Waals surface area contributed by atoms with Gasteiger partial charge in [0.25, 0.3) is 5.91 Å². The van der Waals surface area contributed by atoms with Crippen LogP contribution in [-0.2, 0) is 11.3 Å². The largest absolute Gasteiger partial charge is 0.379 e. The number of carbonyl (C=O) groups excluding carboxylic acids is 1. The van der Waals surface area contributed by atoms with E-state index in [1.807, 2.05) is 43.6 Å². The van der Waals surface area contributed by atoms with E-state index in [-0.39, 0.29) is 18.1 Å². The molecule has 38 heavy (non-hydrogen) atoms. The molecule has 1 N–H and O–H groups in total. The first kappa shape index (κ1) is 24.1. The Morgan fingerprint density at radius 1 is 1.16 bits per heavy atom. The molecule has 0 unspecified atom stereocenters. The fourth-order valence-electron chi connectivity index (χ4n) is 5.63. The lowest BCUT2D eigenvalue weighted by atomic mass is 10.1. The van der Waals surface area contributed by atoms with Crippen molar-refractivity contribution in [1.29, 1.82) is 0 Å². The molecule has 1 aromatic carbocycles. The summed E-state index contributed by atoms with van der Waals surface area (Å²) in [5, 5.41) is 8.29. The number of rotatable bonds is 7. The maximum absolute atomic E-state index is 12.7. The molecular weight excluding hydrogens is 478 g/mol. The van der Waals surface area contributed by atoms with Crippen LogP contribution in [0.15, 0.2) is 67.1 Å². The number of anilines is 1. The van der Waals surface area contributed by atoms with Crippen LogP contribution in [0.3, 0.4) is 0 Å². The van der Waals surface area contributed by atoms with Crippen LogP contribution in [0.4, 0.5) is 5.82 Å². The summed E-state index contributed by atoms with van der Waals surface area (Å²) in [7, 11) is 5.43. The number of nitrogens with zero attached hydrogens (tertiary/aromatic N) is 6. The number of amides is 1. The Kier molecular flexibility index (Phi) is 6.29. The maximum atomic E-state index is 12.7. The normalized spacial score (nSPS) is 17.3. The van der Waals surface area contributed by atoms with Gasteiger partial charge in [0.1, 0.15) is 17.0 Å². The van der Waals surface area contributed by atoms with Crippen molar-refractivity contribution in [3.8, 4) is 11.3 Å². The molecule has 0 radical (unpaired) electrons. The van der Waals surface area contributed by atoms with Crippen molar-refractivity contribution in [3.05, 3.63) is 78.2 Å². The summed E-state index contributed by atoms with van der Waals surface area (Å²) in [6, 6.07) is 16.6. The second kappa shape index (κ2) is 9.90. The number of hydrogen-bond acceptors (Lipinski definition) is 6. The molecule has 4 aromatic heterocycles. The molecule has 1 amide bonds. The monoisotopic (exact) mass is 509 g/mol. The number of ether oxygens (including phenoxy) is 1. The highest BCUT2D eigenvalue weighted by atomic mass is 16.5. The minimum Gasteiger partial charge on any atom is -0.379 e. The second-order valence-corrected chi connectivity index (χ2v) is 9.81. The van der Waals surface area contributed by atoms with Gasteiger partial charge in [0.2, 0.25) is 0 Å². The van der Waals surface area contributed by atoms with Crippen LogP contribution in [0.5, 0.6) is 0 Å². The van der Waals surface area contributed by atoms with E-state index in [9.17, 15) is 4.79 Å². The highest BCUT2D eigenvalue weighted by Gasteiger charge is 2.31. The van der Waals surface area contributed by atoms with Crippen molar-refractivity contribution >= 4 is 28.4 Å². The van der Waals surface area contributed by atoms with Gasteiger partial charge in [-0.05, 0) is 37.0 Å². The van der Waals surface area contributed by atoms with Gasteiger partial charge in [-0.15, -0.1) is 0 Å². The minimum absolute atomic E-state index is 0.151. The smallest absolute Gasteiger partial charge is 0.256 e. The Morgan fingerprint density at radius 2 is 2.00 bits per heavy atom. The molecule has 0 aliphatic heterocycles. The summed E-state index contributed by atoms with van der Waals surface area (Å²) in [6.07, 6.45) is 8.90. The molecule has 194 valence electrons. The fraction of sp³-hybridized carbons (Fsp3) is 0.310. The van der Waals surface area contributed by atoms with E-state index >= 15 is 0 Å². The van der Waals surface area contributed by atoms with Crippen molar-refractivity contribution in [2.75, 3.05) is 26.1 Å². The van der Waals surface area contributed by atoms with E-state index in [4.69, 9.17) is 14.7 Å². The van der Waals surface area contributed by atoms with Gasteiger partial charge in [0, 0.05) is 57.2 Å². The van der Waals surface area contributed by atoms with Crippen LogP contribution in [0.1, 0.15) is 41.2 Å². The average molecular weight is 510 g/mol. The molecule has 1 fully saturated rings. The van der Waals surface area contributed by atoms with Crippen molar-refractivity contribution < 1.29 is 9.53 Å². The molecule has 9 nitrogen and oxygen atoms in total. The summed E-state index contributed by atoms with van der Waals surface area (Å²) in [4.78, 5) is 24.6. The van der Waals surface area contributed by atoms with Gasteiger partial charge in [-0.2, -0.15) is 9.61 Å². The Hall–Kier alpha value is -4.24. The molecule has 0 bridgehead atoms. The third-order valence-corrected chi connectivity index (χ3v) is 7.52. The number of fused-ring (bicyclic) bond motifs is 2. The average Bonchev–Trinajstić information content (AvgIpc) is 3.69. The van der Waals surface area contributed by atoms with Gasteiger partial charge in [0.05, 0.1) is 24.0 Å². The van der Waals surface area contributed by atoms with E-state index in [2.05, 4.69) is 44.3 Å². The highest BCUT2D eigenvalue weighted by Crippen LogP contribution is 2.39. The van der Waals surface area contributed by atoms with Gasteiger partial charge in [0.15, 0.2) is 5.65 Å². The van der Waals surface area contributed by atoms with Crippen molar-refractivity contribution in [2.24, 2.45) is 0 Å². The molecule has 4 heterocycles. The molecule has 1 aliphatic carbocycles. The molecule has 9 heteroatoms. The number of carbonyl (C=O) groups is 1. The third-order valence-electron chi connectivity index (χ3n) is 7.52. The van der Waals surface area contributed by atoms with E-state index in [1.54, 1.807) is 24.9 Å². The summed E-state index contributed by atoms with van der Waals surface area (Å²) in [6.45, 7) is 0.676. The number of aromatic nitrogens is 5. The standard InChI is InChI=1S/C29H31N7O2/c1-30-29(37)21-16-32-36-26(34(2)17-19-9-5-4-6-10-19)15-23(33-28(21)36)22-18-35(24-12-7-13-25(24)38-3)27-20(22)11-8-14-31-27/h4-6,8-11,14-16,18,24-25H,7,12-13,17H2,1-3H3,(H,30,37)/t24-,25-/m1/s1. The molecule has 5 aromatic rings. The highest BCUT2D eigenvalue weighted by molar-refractivity contribution is 6.00. The molecule has 2 atom stereocenters. The minimum atomic E-state index is -0.223.